The van der Waals surface area contributed by atoms with E-state index in [4.69, 9.17) is 4.74 Å². The molecule has 1 aromatic carbocycles. The predicted molar refractivity (Wildman–Crippen MR) is 135 cm³/mol. The quantitative estimate of drug-likeness (QED) is 0.277. The van der Waals surface area contributed by atoms with Crippen molar-refractivity contribution in [1.29, 1.82) is 0 Å². The number of rotatable bonds is 11. The van der Waals surface area contributed by atoms with Gasteiger partial charge in [-0.25, -0.2) is 0 Å². The fourth-order valence-electron chi connectivity index (χ4n) is 5.22. The fourth-order valence-corrected chi connectivity index (χ4v) is 22.0. The predicted octanol–water partition coefficient (Wildman–Crippen LogP) is 5.30. The zero-order valence-electron chi connectivity index (χ0n) is 20.9. The summed E-state index contributed by atoms with van der Waals surface area (Å²) >= 11 is -2.89. The van der Waals surface area contributed by atoms with Crippen molar-refractivity contribution in [2.24, 2.45) is 0 Å². The summed E-state index contributed by atoms with van der Waals surface area (Å²) in [6.45, 7) is 7.14. The van der Waals surface area contributed by atoms with Crippen molar-refractivity contribution in [3.8, 4) is 5.69 Å². The molecule has 0 bridgehead atoms. The van der Waals surface area contributed by atoms with Crippen LogP contribution in [0.15, 0.2) is 24.5 Å². The Morgan fingerprint density at radius 1 is 1.06 bits per heavy atom. The number of ether oxygens (including phenoxy) is 1. The summed E-state index contributed by atoms with van der Waals surface area (Å²) in [5.74, 6) is -0.405. The van der Waals surface area contributed by atoms with Gasteiger partial charge in [0.25, 0.3) is 0 Å². The summed E-state index contributed by atoms with van der Waals surface area (Å²) in [6, 6.07) is 6.40. The van der Waals surface area contributed by atoms with Gasteiger partial charge in [-0.15, -0.1) is 0 Å². The molecule has 0 atom stereocenters. The van der Waals surface area contributed by atoms with Crippen molar-refractivity contribution < 1.29 is 14.3 Å². The molecule has 33 heavy (non-hydrogen) atoms. The Kier molecular flexibility index (Phi) is 9.01. The van der Waals surface area contributed by atoms with Crippen LogP contribution in [0.4, 0.5) is 0 Å². The maximum atomic E-state index is 13.9. The van der Waals surface area contributed by atoms with Crippen LogP contribution < -0.4 is 3.58 Å². The first kappa shape index (κ1) is 25.8. The molecule has 2 aromatic rings. The molecule has 2 heterocycles. The summed E-state index contributed by atoms with van der Waals surface area (Å²) in [7, 11) is 3.19. The summed E-state index contributed by atoms with van der Waals surface area (Å²) in [5.41, 5.74) is 2.72. The van der Waals surface area contributed by atoms with Gasteiger partial charge in [-0.3, -0.25) is 0 Å². The number of benzene rings is 1. The Morgan fingerprint density at radius 2 is 1.67 bits per heavy atom. The second-order valence-corrected chi connectivity index (χ2v) is 22.5. The molecular weight excluding hydrogens is 521 g/mol. The van der Waals surface area contributed by atoms with Crippen LogP contribution in [0, 0.1) is 0 Å². The van der Waals surface area contributed by atoms with E-state index in [9.17, 15) is 9.59 Å². The van der Waals surface area contributed by atoms with E-state index in [0.717, 1.165) is 11.3 Å². The van der Waals surface area contributed by atoms with Crippen LogP contribution in [0.3, 0.4) is 0 Å². The van der Waals surface area contributed by atoms with E-state index in [-0.39, 0.29) is 11.6 Å². The molecule has 180 valence electrons. The molecule has 3 rings (SSSR count). The first-order chi connectivity index (χ1) is 15.9. The third-order valence-electron chi connectivity index (χ3n) is 7.09. The van der Waals surface area contributed by atoms with Gasteiger partial charge in [0.05, 0.1) is 0 Å². The Bertz CT molecular complexity index is 963. The van der Waals surface area contributed by atoms with Gasteiger partial charge in [-0.2, -0.15) is 0 Å². The van der Waals surface area contributed by atoms with E-state index in [2.05, 4.69) is 37.9 Å². The molecule has 0 radical (unpaired) electrons. The topological polar surface area (TPSA) is 64.4 Å². The van der Waals surface area contributed by atoms with Crippen LogP contribution in [0.1, 0.15) is 85.8 Å². The van der Waals surface area contributed by atoms with E-state index >= 15 is 0 Å². The molecular formula is C26H39N3O3Sn. The molecule has 1 aliphatic heterocycles. The minimum absolute atomic E-state index is 0.0608. The summed E-state index contributed by atoms with van der Waals surface area (Å²) in [4.78, 5) is 32.3. The van der Waals surface area contributed by atoms with E-state index in [1.165, 1.54) is 62.5 Å². The number of methoxy groups -OCH3 is 1. The van der Waals surface area contributed by atoms with Crippen molar-refractivity contribution >= 4 is 33.8 Å². The molecule has 1 amide bonds. The molecule has 0 N–H and O–H groups in total. The van der Waals surface area contributed by atoms with Crippen LogP contribution in [-0.2, 0) is 11.3 Å². The standard InChI is InChI=1S/C14H12N3O3.3C4H9.Sn/c1-16-7-11-12(14(19)20-2)15-8-17(11)10-6-4-3-5-9(10)13(16)18;3*1-3-4-2;/h3-4,6,8H,7H2,1-2H3;3*1,3-4H2,2H3;. The molecule has 0 unspecified atom stereocenters. The van der Waals surface area contributed by atoms with Crippen molar-refractivity contribution in [3.63, 3.8) is 0 Å². The van der Waals surface area contributed by atoms with E-state index < -0.39 is 24.3 Å². The Labute approximate surface area is 202 Å². The number of carbonyl (C=O) groups excluding carboxylic acids is 2. The van der Waals surface area contributed by atoms with Gasteiger partial charge in [0.2, 0.25) is 0 Å². The van der Waals surface area contributed by atoms with Gasteiger partial charge in [-0.05, 0) is 0 Å². The van der Waals surface area contributed by atoms with E-state index in [1.54, 1.807) is 11.2 Å². The second-order valence-electron chi connectivity index (χ2n) is 9.35. The molecule has 0 saturated heterocycles. The van der Waals surface area contributed by atoms with Crippen molar-refractivity contribution in [2.45, 2.75) is 79.2 Å². The van der Waals surface area contributed by atoms with Crippen molar-refractivity contribution in [1.82, 2.24) is 14.5 Å². The number of aromatic nitrogens is 2. The van der Waals surface area contributed by atoms with Crippen LogP contribution in [0.2, 0.25) is 13.3 Å². The first-order valence-electron chi connectivity index (χ1n) is 12.5. The third kappa shape index (κ3) is 5.15. The van der Waals surface area contributed by atoms with Crippen LogP contribution in [0.5, 0.6) is 0 Å². The van der Waals surface area contributed by atoms with Gasteiger partial charge in [0, 0.05) is 0 Å². The van der Waals surface area contributed by atoms with E-state index in [1.807, 2.05) is 17.7 Å². The molecule has 0 spiro atoms. The Balaban J connectivity index is 2.26. The van der Waals surface area contributed by atoms with Crippen LogP contribution in [-0.4, -0.2) is 58.9 Å². The monoisotopic (exact) mass is 561 g/mol. The number of hydrogen-bond donors (Lipinski definition) is 0. The summed E-state index contributed by atoms with van der Waals surface area (Å²) < 4.78 is 12.2. The van der Waals surface area contributed by atoms with Gasteiger partial charge in [0.15, 0.2) is 0 Å². The maximum absolute atomic E-state index is 13.9. The third-order valence-corrected chi connectivity index (χ3v) is 22.8. The van der Waals surface area contributed by atoms with Gasteiger partial charge in [-0.1, -0.05) is 0 Å². The number of amides is 1. The minimum atomic E-state index is -2.89. The number of nitrogens with zero attached hydrogens (tertiary/aromatic N) is 3. The molecule has 0 fully saturated rings. The molecule has 1 aliphatic rings. The number of hydrogen-bond acceptors (Lipinski definition) is 4. The molecule has 0 saturated carbocycles. The second kappa shape index (κ2) is 11.5. The molecule has 0 aliphatic carbocycles. The van der Waals surface area contributed by atoms with E-state index in [0.29, 0.717) is 12.2 Å². The zero-order chi connectivity index (χ0) is 24.0. The number of unbranched alkanes of at least 4 members (excludes halogenated alkanes) is 3. The summed E-state index contributed by atoms with van der Waals surface area (Å²) in [5, 5.41) is 0. The average molecular weight is 560 g/mol. The fraction of sp³-hybridized carbons (Fsp3) is 0.577. The van der Waals surface area contributed by atoms with Gasteiger partial charge >= 0.3 is 203 Å². The number of fused-ring (bicyclic) bond motifs is 3. The molecule has 1 aromatic heterocycles. The van der Waals surface area contributed by atoms with Crippen molar-refractivity contribution in [2.75, 3.05) is 14.2 Å². The van der Waals surface area contributed by atoms with Crippen LogP contribution in [0.25, 0.3) is 5.69 Å². The van der Waals surface area contributed by atoms with Crippen molar-refractivity contribution in [3.05, 3.63) is 41.5 Å². The Hall–Kier alpha value is -1.83. The van der Waals surface area contributed by atoms with Gasteiger partial charge < -0.3 is 0 Å². The van der Waals surface area contributed by atoms with Crippen LogP contribution >= 0.6 is 0 Å². The number of esters is 1. The number of imidazole rings is 1. The first-order valence-corrected chi connectivity index (χ1v) is 20.0. The summed E-state index contributed by atoms with van der Waals surface area (Å²) in [6.07, 6.45) is 8.95. The number of carbonyl (C=O) groups is 2. The Morgan fingerprint density at radius 3 is 2.21 bits per heavy atom. The van der Waals surface area contributed by atoms with Gasteiger partial charge in [0.1, 0.15) is 0 Å². The molecule has 6 nitrogen and oxygen atoms in total. The normalized spacial score (nSPS) is 13.5. The average Bonchev–Trinajstić information content (AvgIpc) is 3.21. The SMILES string of the molecule is CCC[CH2][Sn]([CH2]CCC)([CH2]CCC)[c]1cccc2c1C(=O)N(C)Cc1c(C(=O)OC)ncn1-2. The molecule has 7 heteroatoms. The zero-order valence-corrected chi connectivity index (χ0v) is 23.8.